The Balaban J connectivity index is 0.000000249. The van der Waals surface area contributed by atoms with Gasteiger partial charge in [-0.1, -0.05) is 38.2 Å². The Morgan fingerprint density at radius 2 is 2.07 bits per heavy atom. The van der Waals surface area contributed by atoms with Gasteiger partial charge in [0.05, 0.1) is 0 Å². The van der Waals surface area contributed by atoms with E-state index in [0.29, 0.717) is 6.42 Å². The van der Waals surface area contributed by atoms with Crippen molar-refractivity contribution in [2.75, 3.05) is 0 Å². The van der Waals surface area contributed by atoms with Crippen LogP contribution in [0.3, 0.4) is 0 Å². The lowest BCUT2D eigenvalue weighted by Crippen LogP contribution is -2.28. The molecule has 3 heteroatoms. The average molecular weight is 198 g/mol. The topological polar surface area (TPSA) is 63.3 Å². The van der Waals surface area contributed by atoms with Crippen LogP contribution in [0.4, 0.5) is 0 Å². The molecule has 1 radical (unpaired) electrons. The average Bonchev–Trinajstić information content (AvgIpc) is 2.21. The number of carbonyl (C=O) groups is 1. The molecule has 1 rings (SSSR count). The van der Waals surface area contributed by atoms with Crippen LogP contribution in [0.25, 0.3) is 0 Å². The zero-order valence-corrected chi connectivity index (χ0v) is 8.61. The van der Waals surface area contributed by atoms with Gasteiger partial charge >= 0.3 is 5.97 Å². The third-order valence-electron chi connectivity index (χ3n) is 2.05. The van der Waals surface area contributed by atoms with E-state index in [0.717, 1.165) is 0 Å². The molecule has 3 nitrogen and oxygen atoms in total. The van der Waals surface area contributed by atoms with E-state index in [9.17, 15) is 4.79 Å². The molecule has 0 aliphatic heterocycles. The van der Waals surface area contributed by atoms with Gasteiger partial charge in [-0.25, -0.2) is 0 Å². The molecule has 1 saturated carbocycles. The minimum Gasteiger partial charge on any atom is -0.480 e. The van der Waals surface area contributed by atoms with E-state index in [1.807, 2.05) is 0 Å². The first-order valence-electron chi connectivity index (χ1n) is 5.09. The number of hydrogen-bond donors (Lipinski definition) is 2. The van der Waals surface area contributed by atoms with Gasteiger partial charge in [-0.15, -0.1) is 6.58 Å². The Kier molecular flexibility index (Phi) is 8.24. The summed E-state index contributed by atoms with van der Waals surface area (Å²) in [5, 5.41) is 8.14. The first-order chi connectivity index (χ1) is 6.68. The molecule has 3 N–H and O–H groups in total. The van der Waals surface area contributed by atoms with Crippen LogP contribution in [0.5, 0.6) is 0 Å². The van der Waals surface area contributed by atoms with Crippen LogP contribution in [0.1, 0.15) is 38.5 Å². The van der Waals surface area contributed by atoms with Gasteiger partial charge in [0.15, 0.2) is 0 Å². The summed E-state index contributed by atoms with van der Waals surface area (Å²) in [5.41, 5.74) is 5.06. The Labute approximate surface area is 86.0 Å². The lowest BCUT2D eigenvalue weighted by molar-refractivity contribution is -0.138. The fourth-order valence-corrected chi connectivity index (χ4v) is 1.18. The summed E-state index contributed by atoms with van der Waals surface area (Å²) in [6, 6.07) is -0.785. The zero-order chi connectivity index (χ0) is 10.8. The maximum Gasteiger partial charge on any atom is 0.320 e. The van der Waals surface area contributed by atoms with Gasteiger partial charge < -0.3 is 10.8 Å². The van der Waals surface area contributed by atoms with E-state index in [1.165, 1.54) is 38.2 Å². The van der Waals surface area contributed by atoms with Crippen molar-refractivity contribution in [1.82, 2.24) is 0 Å². The summed E-state index contributed by atoms with van der Waals surface area (Å²) < 4.78 is 0. The van der Waals surface area contributed by atoms with Crippen molar-refractivity contribution in [3.8, 4) is 0 Å². The van der Waals surface area contributed by atoms with Crippen molar-refractivity contribution < 1.29 is 9.90 Å². The van der Waals surface area contributed by atoms with Crippen molar-refractivity contribution >= 4 is 5.97 Å². The lowest BCUT2D eigenvalue weighted by Gasteiger charge is -2.05. The van der Waals surface area contributed by atoms with E-state index in [4.69, 9.17) is 10.8 Å². The molecule has 0 aromatic carbocycles. The van der Waals surface area contributed by atoms with E-state index in [1.54, 1.807) is 0 Å². The molecule has 0 bridgehead atoms. The third-order valence-corrected chi connectivity index (χ3v) is 2.05. The van der Waals surface area contributed by atoms with E-state index in [-0.39, 0.29) is 0 Å². The Morgan fingerprint density at radius 3 is 2.21 bits per heavy atom. The third kappa shape index (κ3) is 7.80. The molecule has 0 saturated heterocycles. The second kappa shape index (κ2) is 8.75. The van der Waals surface area contributed by atoms with Crippen molar-refractivity contribution in [2.24, 2.45) is 5.73 Å². The van der Waals surface area contributed by atoms with Crippen LogP contribution in [0, 0.1) is 6.42 Å². The molecule has 81 valence electrons. The summed E-state index contributed by atoms with van der Waals surface area (Å²) in [6.45, 7) is 3.34. The summed E-state index contributed by atoms with van der Waals surface area (Å²) in [4.78, 5) is 9.92. The molecule has 0 amide bonds. The van der Waals surface area contributed by atoms with Crippen molar-refractivity contribution in [2.45, 2.75) is 44.6 Å². The van der Waals surface area contributed by atoms with Gasteiger partial charge in [0, 0.05) is 0 Å². The molecule has 1 atom stereocenters. The molecule has 1 aliphatic carbocycles. The molecule has 1 fully saturated rings. The van der Waals surface area contributed by atoms with Crippen LogP contribution < -0.4 is 5.73 Å². The maximum atomic E-state index is 9.92. The highest BCUT2D eigenvalue weighted by atomic mass is 16.4. The molecule has 0 heterocycles. The van der Waals surface area contributed by atoms with Crippen LogP contribution in [0.15, 0.2) is 12.7 Å². The summed E-state index contributed by atoms with van der Waals surface area (Å²) >= 11 is 0. The highest BCUT2D eigenvalue weighted by Crippen LogP contribution is 2.14. The fourth-order valence-electron chi connectivity index (χ4n) is 1.18. The van der Waals surface area contributed by atoms with Crippen LogP contribution in [-0.4, -0.2) is 17.1 Å². The molecule has 0 aromatic heterocycles. The van der Waals surface area contributed by atoms with Gasteiger partial charge in [-0.2, -0.15) is 0 Å². The SMILES string of the molecule is C=CCC(N)C(=O)O.[CH]1CCCCC1. The Hall–Kier alpha value is -0.830. The number of carboxylic acids is 1. The van der Waals surface area contributed by atoms with Gasteiger partial charge in [-0.3, -0.25) is 4.79 Å². The number of hydrogen-bond acceptors (Lipinski definition) is 2. The number of nitrogens with two attached hydrogens (primary N) is 1. The normalized spacial score (nSPS) is 17.5. The summed E-state index contributed by atoms with van der Waals surface area (Å²) in [7, 11) is 0. The quantitative estimate of drug-likeness (QED) is 0.683. The standard InChI is InChI=1S/C6H11.C5H9NO2/c1-2-4-6-5-3-1;1-2-3-4(6)5(7)8/h1H,2-6H2;2,4H,1,3,6H2,(H,7,8). The number of rotatable bonds is 3. The molecule has 0 aromatic rings. The number of carboxylic acid groups (broad SMARTS) is 1. The highest BCUT2D eigenvalue weighted by Gasteiger charge is 2.06. The Morgan fingerprint density at radius 1 is 1.50 bits per heavy atom. The fraction of sp³-hybridized carbons (Fsp3) is 0.636. The monoisotopic (exact) mass is 198 g/mol. The molecule has 1 unspecified atom stereocenters. The van der Waals surface area contributed by atoms with Crippen molar-refractivity contribution in [1.29, 1.82) is 0 Å². The second-order valence-corrected chi connectivity index (χ2v) is 3.40. The predicted molar refractivity (Wildman–Crippen MR) is 57.8 cm³/mol. The molecule has 1 aliphatic rings. The van der Waals surface area contributed by atoms with Crippen molar-refractivity contribution in [3.63, 3.8) is 0 Å². The first kappa shape index (κ1) is 13.2. The first-order valence-corrected chi connectivity index (χ1v) is 5.09. The van der Waals surface area contributed by atoms with Gasteiger partial charge in [0.25, 0.3) is 0 Å². The smallest absolute Gasteiger partial charge is 0.320 e. The molecular formula is C11H20NO2. The summed E-state index contributed by atoms with van der Waals surface area (Å²) in [5.74, 6) is -0.982. The highest BCUT2D eigenvalue weighted by molar-refractivity contribution is 5.73. The summed E-state index contributed by atoms with van der Waals surface area (Å²) in [6.07, 6.45) is 11.3. The minimum absolute atomic E-state index is 0.329. The van der Waals surface area contributed by atoms with E-state index < -0.39 is 12.0 Å². The Bertz CT molecular complexity index is 153. The van der Waals surface area contributed by atoms with Gasteiger partial charge in [0.2, 0.25) is 0 Å². The largest absolute Gasteiger partial charge is 0.480 e. The molecule has 0 spiro atoms. The van der Waals surface area contributed by atoms with Crippen LogP contribution in [-0.2, 0) is 4.79 Å². The minimum atomic E-state index is -0.982. The van der Waals surface area contributed by atoms with Crippen molar-refractivity contribution in [3.05, 3.63) is 19.1 Å². The van der Waals surface area contributed by atoms with Gasteiger partial charge in [0.1, 0.15) is 6.04 Å². The molecule has 14 heavy (non-hydrogen) atoms. The van der Waals surface area contributed by atoms with E-state index >= 15 is 0 Å². The van der Waals surface area contributed by atoms with E-state index in [2.05, 4.69) is 13.0 Å². The second-order valence-electron chi connectivity index (χ2n) is 3.40. The number of aliphatic carboxylic acids is 1. The van der Waals surface area contributed by atoms with Crippen LogP contribution in [0.2, 0.25) is 0 Å². The maximum absolute atomic E-state index is 9.92. The predicted octanol–water partition coefficient (Wildman–Crippen LogP) is 2.13. The zero-order valence-electron chi connectivity index (χ0n) is 8.61. The molecular weight excluding hydrogens is 178 g/mol. The van der Waals surface area contributed by atoms with Gasteiger partial charge in [-0.05, 0) is 12.8 Å². The lowest BCUT2D eigenvalue weighted by atomic mass is 10.0. The van der Waals surface area contributed by atoms with Crippen LogP contribution >= 0.6 is 0 Å².